The van der Waals surface area contributed by atoms with Crippen LogP contribution in [0, 0.1) is 0 Å². The van der Waals surface area contributed by atoms with Gasteiger partial charge in [0.15, 0.2) is 5.11 Å². The fourth-order valence-electron chi connectivity index (χ4n) is 2.56. The van der Waals surface area contributed by atoms with Gasteiger partial charge >= 0.3 is 0 Å². The number of benzene rings is 2. The zero-order valence-electron chi connectivity index (χ0n) is 14.5. The number of hydrogen-bond acceptors (Lipinski definition) is 5. The Bertz CT molecular complexity index is 957. The summed E-state index contributed by atoms with van der Waals surface area (Å²) in [6.07, 6.45) is 1.46. The van der Waals surface area contributed by atoms with Crippen molar-refractivity contribution in [3.8, 4) is 11.5 Å². The number of thiocarbonyl (C=S) groups is 1. The van der Waals surface area contributed by atoms with E-state index < -0.39 is 11.8 Å². The molecule has 0 saturated carbocycles. The van der Waals surface area contributed by atoms with Crippen LogP contribution in [0.15, 0.2) is 48.0 Å². The van der Waals surface area contributed by atoms with E-state index in [9.17, 15) is 9.59 Å². The van der Waals surface area contributed by atoms with Gasteiger partial charge in [-0.05, 0) is 60.3 Å². The lowest BCUT2D eigenvalue weighted by molar-refractivity contribution is -0.122. The molecule has 0 spiro atoms. The molecule has 2 aromatic rings. The molecule has 6 nitrogen and oxygen atoms in total. The van der Waals surface area contributed by atoms with E-state index in [4.69, 9.17) is 33.3 Å². The van der Waals surface area contributed by atoms with Crippen molar-refractivity contribution in [2.45, 2.75) is 0 Å². The van der Waals surface area contributed by atoms with Crippen molar-refractivity contribution in [3.05, 3.63) is 58.6 Å². The van der Waals surface area contributed by atoms with Crippen molar-refractivity contribution in [1.29, 1.82) is 0 Å². The first-order valence-electron chi connectivity index (χ1n) is 7.83. The predicted molar refractivity (Wildman–Crippen MR) is 107 cm³/mol. The number of anilines is 1. The van der Waals surface area contributed by atoms with Crippen molar-refractivity contribution in [2.24, 2.45) is 0 Å². The minimum absolute atomic E-state index is 0.0140. The first kappa shape index (κ1) is 18.9. The Morgan fingerprint density at radius 1 is 1.07 bits per heavy atom. The van der Waals surface area contributed by atoms with E-state index in [0.29, 0.717) is 27.8 Å². The Labute approximate surface area is 166 Å². The molecule has 3 rings (SSSR count). The van der Waals surface area contributed by atoms with Gasteiger partial charge in [0.1, 0.15) is 17.1 Å². The minimum atomic E-state index is -0.568. The number of carbonyl (C=O) groups is 2. The van der Waals surface area contributed by atoms with Crippen LogP contribution in [0.1, 0.15) is 5.56 Å². The Balaban J connectivity index is 1.97. The predicted octanol–water partition coefficient (Wildman–Crippen LogP) is 3.19. The summed E-state index contributed by atoms with van der Waals surface area (Å²) < 4.78 is 10.2. The van der Waals surface area contributed by atoms with Gasteiger partial charge in [-0.3, -0.25) is 19.8 Å². The molecule has 0 unspecified atom stereocenters. The van der Waals surface area contributed by atoms with Gasteiger partial charge in [0.2, 0.25) is 0 Å². The molecule has 138 valence electrons. The van der Waals surface area contributed by atoms with Gasteiger partial charge in [-0.15, -0.1) is 0 Å². The number of halogens is 1. The average Bonchev–Trinajstić information content (AvgIpc) is 2.65. The van der Waals surface area contributed by atoms with Crippen molar-refractivity contribution < 1.29 is 19.1 Å². The van der Waals surface area contributed by atoms with Crippen LogP contribution in [0.4, 0.5) is 5.69 Å². The van der Waals surface area contributed by atoms with E-state index in [1.807, 2.05) is 0 Å². The summed E-state index contributed by atoms with van der Waals surface area (Å²) in [5.74, 6) is 0.0450. The van der Waals surface area contributed by atoms with Crippen molar-refractivity contribution in [1.82, 2.24) is 5.32 Å². The van der Waals surface area contributed by atoms with Crippen LogP contribution >= 0.6 is 23.8 Å². The maximum absolute atomic E-state index is 12.9. The topological polar surface area (TPSA) is 67.9 Å². The summed E-state index contributed by atoms with van der Waals surface area (Å²) in [7, 11) is 3.05. The second-order valence-corrected chi connectivity index (χ2v) is 6.34. The summed E-state index contributed by atoms with van der Waals surface area (Å²) in [4.78, 5) is 26.5. The number of methoxy groups -OCH3 is 2. The normalized spacial score (nSPS) is 15.7. The molecule has 1 aliphatic heterocycles. The van der Waals surface area contributed by atoms with Gasteiger partial charge in [0.05, 0.1) is 24.9 Å². The third-order valence-corrected chi connectivity index (χ3v) is 4.50. The number of hydrogen-bond donors (Lipinski definition) is 1. The molecule has 0 aromatic heterocycles. The third kappa shape index (κ3) is 3.79. The summed E-state index contributed by atoms with van der Waals surface area (Å²) in [5, 5.41) is 2.92. The second kappa shape index (κ2) is 7.77. The van der Waals surface area contributed by atoms with Gasteiger partial charge < -0.3 is 9.47 Å². The number of rotatable bonds is 4. The van der Waals surface area contributed by atoms with Crippen LogP contribution in [0.25, 0.3) is 6.08 Å². The van der Waals surface area contributed by atoms with E-state index in [1.165, 1.54) is 18.1 Å². The molecule has 2 amide bonds. The van der Waals surface area contributed by atoms with E-state index in [-0.39, 0.29) is 10.7 Å². The van der Waals surface area contributed by atoms with Crippen molar-refractivity contribution >= 4 is 52.5 Å². The molecule has 1 N–H and O–H groups in total. The molecule has 1 heterocycles. The molecule has 0 bridgehead atoms. The Kier molecular flexibility index (Phi) is 5.43. The molecule has 8 heteroatoms. The van der Waals surface area contributed by atoms with Crippen LogP contribution in [-0.4, -0.2) is 31.1 Å². The van der Waals surface area contributed by atoms with Gasteiger partial charge in [-0.2, -0.15) is 0 Å². The smallest absolute Gasteiger partial charge is 0.270 e. The van der Waals surface area contributed by atoms with E-state index >= 15 is 0 Å². The van der Waals surface area contributed by atoms with Gasteiger partial charge in [0, 0.05) is 0 Å². The van der Waals surface area contributed by atoms with Gasteiger partial charge in [-0.1, -0.05) is 17.7 Å². The molecule has 27 heavy (non-hydrogen) atoms. The Morgan fingerprint density at radius 2 is 1.78 bits per heavy atom. The number of ether oxygens (including phenoxy) is 2. The molecule has 2 aromatic carbocycles. The largest absolute Gasteiger partial charge is 0.497 e. The fourth-order valence-corrected chi connectivity index (χ4v) is 3.11. The summed E-state index contributed by atoms with van der Waals surface area (Å²) in [6.45, 7) is 0. The van der Waals surface area contributed by atoms with E-state index in [0.717, 1.165) is 0 Å². The fraction of sp³-hybridized carbons (Fsp3) is 0.105. The lowest BCUT2D eigenvalue weighted by Crippen LogP contribution is -2.54. The van der Waals surface area contributed by atoms with Crippen LogP contribution in [0.3, 0.4) is 0 Å². The average molecular weight is 403 g/mol. The molecular formula is C19H15ClN2O4S. The van der Waals surface area contributed by atoms with Crippen LogP contribution in [0.2, 0.25) is 5.02 Å². The lowest BCUT2D eigenvalue weighted by Gasteiger charge is -2.29. The molecule has 1 aliphatic rings. The highest BCUT2D eigenvalue weighted by Gasteiger charge is 2.34. The minimum Gasteiger partial charge on any atom is -0.497 e. The van der Waals surface area contributed by atoms with E-state index in [1.54, 1.807) is 49.6 Å². The van der Waals surface area contributed by atoms with Gasteiger partial charge in [0.25, 0.3) is 11.8 Å². The third-order valence-electron chi connectivity index (χ3n) is 3.92. The quantitative estimate of drug-likeness (QED) is 0.483. The van der Waals surface area contributed by atoms with E-state index in [2.05, 4.69) is 5.32 Å². The zero-order chi connectivity index (χ0) is 19.6. The second-order valence-electron chi connectivity index (χ2n) is 5.55. The maximum Gasteiger partial charge on any atom is 0.270 e. The number of amides is 2. The highest BCUT2D eigenvalue weighted by molar-refractivity contribution is 7.80. The summed E-state index contributed by atoms with van der Waals surface area (Å²) in [5.41, 5.74) is 1.05. The number of carbonyl (C=O) groups excluding carboxylic acids is 2. The molecule has 1 fully saturated rings. The maximum atomic E-state index is 12.9. The number of nitrogens with one attached hydrogen (secondary N) is 1. The summed E-state index contributed by atoms with van der Waals surface area (Å²) >= 11 is 11.3. The standard InChI is InChI=1S/C19H15ClN2O4S/c1-25-13-6-4-12(5-7-13)22-18(24)14(17(23)21-19(22)27)9-11-3-8-16(26-2)15(20)10-11/h3-10H,1-2H3,(H,21,23,27)/b14-9-. The Hall–Kier alpha value is -2.90. The first-order chi connectivity index (χ1) is 12.9. The molecule has 0 radical (unpaired) electrons. The molecule has 0 atom stereocenters. The molecular weight excluding hydrogens is 388 g/mol. The van der Waals surface area contributed by atoms with Crippen LogP contribution in [0.5, 0.6) is 11.5 Å². The monoisotopic (exact) mass is 402 g/mol. The van der Waals surface area contributed by atoms with Crippen molar-refractivity contribution in [2.75, 3.05) is 19.1 Å². The molecule has 0 aliphatic carbocycles. The zero-order valence-corrected chi connectivity index (χ0v) is 16.1. The Morgan fingerprint density at radius 3 is 2.37 bits per heavy atom. The highest BCUT2D eigenvalue weighted by atomic mass is 35.5. The molecule has 1 saturated heterocycles. The van der Waals surface area contributed by atoms with Crippen molar-refractivity contribution in [3.63, 3.8) is 0 Å². The van der Waals surface area contributed by atoms with Gasteiger partial charge in [-0.25, -0.2) is 0 Å². The highest BCUT2D eigenvalue weighted by Crippen LogP contribution is 2.28. The van der Waals surface area contributed by atoms with Crippen LogP contribution < -0.4 is 19.7 Å². The summed E-state index contributed by atoms with van der Waals surface area (Å²) in [6, 6.07) is 11.7. The van der Waals surface area contributed by atoms with Crippen LogP contribution in [-0.2, 0) is 9.59 Å². The first-order valence-corrected chi connectivity index (χ1v) is 8.62. The number of nitrogens with zero attached hydrogens (tertiary/aromatic N) is 1. The SMILES string of the molecule is COc1ccc(N2C(=O)/C(=C\c3ccc(OC)c(Cl)c3)C(=O)NC2=S)cc1. The lowest BCUT2D eigenvalue weighted by atomic mass is 10.1.